The molecule has 5 nitrogen and oxygen atoms in total. The highest BCUT2D eigenvalue weighted by atomic mass is 79.9. The molecule has 0 heterocycles. The first-order valence-corrected chi connectivity index (χ1v) is 6.86. The van der Waals surface area contributed by atoms with E-state index >= 15 is 0 Å². The number of halogens is 1. The Kier molecular flexibility index (Phi) is 5.46. The second kappa shape index (κ2) is 6.45. The first kappa shape index (κ1) is 16.1. The van der Waals surface area contributed by atoms with Crippen LogP contribution in [-0.4, -0.2) is 30.0 Å². The van der Waals surface area contributed by atoms with E-state index in [0.717, 1.165) is 12.1 Å². The Balaban J connectivity index is 2.83. The molecule has 0 aliphatic rings. The maximum absolute atomic E-state index is 10.9. The molecule has 0 atom stereocenters. The SMILES string of the molecule is CN(Cc1cccc([N+](=O)[O-])c1Br)CC(C)(C)CN. The molecule has 0 saturated carbocycles. The van der Waals surface area contributed by atoms with Gasteiger partial charge >= 0.3 is 0 Å². The summed E-state index contributed by atoms with van der Waals surface area (Å²) in [6.45, 7) is 6.29. The minimum atomic E-state index is -0.378. The maximum atomic E-state index is 10.9. The van der Waals surface area contributed by atoms with Gasteiger partial charge in [0.15, 0.2) is 0 Å². The van der Waals surface area contributed by atoms with Gasteiger partial charge in [0.1, 0.15) is 0 Å². The first-order chi connectivity index (χ1) is 8.76. The van der Waals surface area contributed by atoms with Crippen LogP contribution < -0.4 is 5.73 Å². The quantitative estimate of drug-likeness (QED) is 0.643. The van der Waals surface area contributed by atoms with Crippen molar-refractivity contribution >= 4 is 21.6 Å². The van der Waals surface area contributed by atoms with Gasteiger partial charge in [-0.3, -0.25) is 10.1 Å². The van der Waals surface area contributed by atoms with Crippen LogP contribution in [0, 0.1) is 15.5 Å². The molecule has 0 radical (unpaired) electrons. The van der Waals surface area contributed by atoms with Gasteiger partial charge in [-0.05, 0) is 40.5 Å². The van der Waals surface area contributed by atoms with Crippen molar-refractivity contribution in [2.45, 2.75) is 20.4 Å². The zero-order valence-electron chi connectivity index (χ0n) is 11.5. The van der Waals surface area contributed by atoms with E-state index in [2.05, 4.69) is 34.7 Å². The van der Waals surface area contributed by atoms with Gasteiger partial charge in [-0.2, -0.15) is 0 Å². The highest BCUT2D eigenvalue weighted by Crippen LogP contribution is 2.29. The van der Waals surface area contributed by atoms with E-state index < -0.39 is 0 Å². The van der Waals surface area contributed by atoms with Crippen LogP contribution in [0.3, 0.4) is 0 Å². The van der Waals surface area contributed by atoms with Gasteiger partial charge in [-0.15, -0.1) is 0 Å². The molecule has 0 unspecified atom stereocenters. The Morgan fingerprint density at radius 2 is 2.11 bits per heavy atom. The lowest BCUT2D eigenvalue weighted by Crippen LogP contribution is -2.36. The molecule has 0 amide bonds. The van der Waals surface area contributed by atoms with Gasteiger partial charge in [0.2, 0.25) is 0 Å². The Hall–Kier alpha value is -0.980. The van der Waals surface area contributed by atoms with Crippen LogP contribution in [-0.2, 0) is 6.54 Å². The Bertz CT molecular complexity index is 463. The van der Waals surface area contributed by atoms with Gasteiger partial charge in [-0.25, -0.2) is 0 Å². The molecule has 0 saturated heterocycles. The number of nitrogens with two attached hydrogens (primary N) is 1. The zero-order chi connectivity index (χ0) is 14.6. The van der Waals surface area contributed by atoms with E-state index in [1.54, 1.807) is 6.07 Å². The monoisotopic (exact) mass is 329 g/mol. The van der Waals surface area contributed by atoms with Crippen LogP contribution in [0.1, 0.15) is 19.4 Å². The number of hydrogen-bond acceptors (Lipinski definition) is 4. The first-order valence-electron chi connectivity index (χ1n) is 6.07. The van der Waals surface area contributed by atoms with Crippen LogP contribution in [0.2, 0.25) is 0 Å². The summed E-state index contributed by atoms with van der Waals surface area (Å²) in [4.78, 5) is 12.6. The van der Waals surface area contributed by atoms with Crippen molar-refractivity contribution in [2.75, 3.05) is 20.1 Å². The zero-order valence-corrected chi connectivity index (χ0v) is 13.1. The summed E-state index contributed by atoms with van der Waals surface area (Å²) in [5.74, 6) is 0. The fourth-order valence-corrected chi connectivity index (χ4v) is 2.51. The topological polar surface area (TPSA) is 72.4 Å². The predicted octanol–water partition coefficient (Wildman–Crippen LogP) is 2.77. The maximum Gasteiger partial charge on any atom is 0.283 e. The summed E-state index contributed by atoms with van der Waals surface area (Å²) in [5.41, 5.74) is 6.75. The lowest BCUT2D eigenvalue weighted by Gasteiger charge is -2.29. The van der Waals surface area contributed by atoms with Gasteiger partial charge in [-0.1, -0.05) is 26.0 Å². The van der Waals surface area contributed by atoms with Gasteiger partial charge in [0.05, 0.1) is 9.40 Å². The van der Waals surface area contributed by atoms with E-state index in [1.165, 1.54) is 6.07 Å². The molecule has 0 aliphatic carbocycles. The standard InChI is InChI=1S/C13H20BrN3O2/c1-13(2,8-15)9-16(3)7-10-5-4-6-11(12(10)14)17(18)19/h4-6H,7-9,15H2,1-3H3. The van der Waals surface area contributed by atoms with Crippen LogP contribution in [0.5, 0.6) is 0 Å². The molecule has 0 bridgehead atoms. The van der Waals surface area contributed by atoms with Gasteiger partial charge in [0, 0.05) is 19.2 Å². The fraction of sp³-hybridized carbons (Fsp3) is 0.538. The summed E-state index contributed by atoms with van der Waals surface area (Å²) in [6.07, 6.45) is 0. The van der Waals surface area contributed by atoms with Crippen LogP contribution in [0.25, 0.3) is 0 Å². The third kappa shape index (κ3) is 4.56. The number of rotatable bonds is 6. The number of benzene rings is 1. The molecule has 106 valence electrons. The Morgan fingerprint density at radius 1 is 1.47 bits per heavy atom. The molecule has 0 aliphatic heterocycles. The molecule has 1 aromatic rings. The number of nitro groups is 1. The van der Waals surface area contributed by atoms with E-state index in [0.29, 0.717) is 17.6 Å². The third-order valence-electron chi connectivity index (χ3n) is 2.95. The van der Waals surface area contributed by atoms with E-state index in [9.17, 15) is 10.1 Å². The van der Waals surface area contributed by atoms with Crippen molar-refractivity contribution in [1.29, 1.82) is 0 Å². The molecule has 0 aromatic heterocycles. The van der Waals surface area contributed by atoms with Crippen LogP contribution in [0.4, 0.5) is 5.69 Å². The second-order valence-corrected chi connectivity index (χ2v) is 6.34. The fourth-order valence-electron chi connectivity index (χ4n) is 1.97. The van der Waals surface area contributed by atoms with Crippen LogP contribution in [0.15, 0.2) is 22.7 Å². The molecule has 2 N–H and O–H groups in total. The predicted molar refractivity (Wildman–Crippen MR) is 80.0 cm³/mol. The van der Waals surface area contributed by atoms with Crippen molar-refractivity contribution in [3.63, 3.8) is 0 Å². The average molecular weight is 330 g/mol. The summed E-state index contributed by atoms with van der Waals surface area (Å²) < 4.78 is 0.553. The summed E-state index contributed by atoms with van der Waals surface area (Å²) in [7, 11) is 1.99. The summed E-state index contributed by atoms with van der Waals surface area (Å²) in [5, 5.41) is 10.9. The molecular formula is C13H20BrN3O2. The summed E-state index contributed by atoms with van der Waals surface area (Å²) >= 11 is 3.31. The van der Waals surface area contributed by atoms with Crippen molar-refractivity contribution in [3.05, 3.63) is 38.3 Å². The highest BCUT2D eigenvalue weighted by molar-refractivity contribution is 9.10. The van der Waals surface area contributed by atoms with E-state index in [-0.39, 0.29) is 16.0 Å². The second-order valence-electron chi connectivity index (χ2n) is 5.55. The van der Waals surface area contributed by atoms with Crippen molar-refractivity contribution in [2.24, 2.45) is 11.1 Å². The smallest absolute Gasteiger partial charge is 0.283 e. The molecule has 19 heavy (non-hydrogen) atoms. The minimum Gasteiger partial charge on any atom is -0.330 e. The minimum absolute atomic E-state index is 0.0297. The van der Waals surface area contributed by atoms with E-state index in [1.807, 2.05) is 13.1 Å². The Labute approximate surface area is 122 Å². The van der Waals surface area contributed by atoms with E-state index in [4.69, 9.17) is 5.73 Å². The lowest BCUT2D eigenvalue weighted by atomic mass is 9.93. The Morgan fingerprint density at radius 3 is 2.63 bits per heavy atom. The average Bonchev–Trinajstić information content (AvgIpc) is 2.30. The molecule has 6 heteroatoms. The largest absolute Gasteiger partial charge is 0.330 e. The summed E-state index contributed by atoms with van der Waals surface area (Å²) in [6, 6.07) is 5.10. The lowest BCUT2D eigenvalue weighted by molar-refractivity contribution is -0.385. The van der Waals surface area contributed by atoms with Gasteiger partial charge < -0.3 is 10.6 Å². The molecule has 1 aromatic carbocycles. The van der Waals surface area contributed by atoms with Crippen molar-refractivity contribution in [1.82, 2.24) is 4.90 Å². The number of nitro benzene ring substituents is 1. The van der Waals surface area contributed by atoms with Crippen molar-refractivity contribution < 1.29 is 4.92 Å². The third-order valence-corrected chi connectivity index (χ3v) is 3.86. The van der Waals surface area contributed by atoms with Gasteiger partial charge in [0.25, 0.3) is 5.69 Å². The molecule has 0 spiro atoms. The van der Waals surface area contributed by atoms with Crippen LogP contribution >= 0.6 is 15.9 Å². The number of hydrogen-bond donors (Lipinski definition) is 1. The highest BCUT2D eigenvalue weighted by Gasteiger charge is 2.20. The van der Waals surface area contributed by atoms with Crippen molar-refractivity contribution in [3.8, 4) is 0 Å². The molecular weight excluding hydrogens is 310 g/mol. The number of nitrogens with zero attached hydrogens (tertiary/aromatic N) is 2. The normalized spacial score (nSPS) is 11.9. The molecule has 1 rings (SSSR count). The molecule has 0 fully saturated rings.